The molecule has 0 N–H and O–H groups in total. The first-order valence-electron chi connectivity index (χ1n) is 7.07. The SMILES string of the molecule is COC(=O)c1ccc(C(=O)Oc2ccc3ccccc3c2)cc1. The Morgan fingerprint density at radius 2 is 1.35 bits per heavy atom. The third-order valence-corrected chi connectivity index (χ3v) is 3.47. The van der Waals surface area contributed by atoms with Gasteiger partial charge in [-0.05, 0) is 47.2 Å². The van der Waals surface area contributed by atoms with Crippen molar-refractivity contribution in [3.63, 3.8) is 0 Å². The van der Waals surface area contributed by atoms with Crippen LogP contribution >= 0.6 is 0 Å². The molecule has 3 aromatic rings. The largest absolute Gasteiger partial charge is 0.465 e. The fourth-order valence-electron chi connectivity index (χ4n) is 2.26. The van der Waals surface area contributed by atoms with Gasteiger partial charge in [-0.1, -0.05) is 30.3 Å². The summed E-state index contributed by atoms with van der Waals surface area (Å²) in [4.78, 5) is 23.5. The standard InChI is InChI=1S/C19H14O4/c1-22-18(20)14-6-8-15(9-7-14)19(21)23-17-11-10-13-4-2-3-5-16(13)12-17/h2-12H,1H3. The van der Waals surface area contributed by atoms with Gasteiger partial charge in [0.05, 0.1) is 18.2 Å². The summed E-state index contributed by atoms with van der Waals surface area (Å²) in [7, 11) is 1.31. The second-order valence-electron chi connectivity index (χ2n) is 4.97. The summed E-state index contributed by atoms with van der Waals surface area (Å²) in [5, 5.41) is 2.08. The van der Waals surface area contributed by atoms with Crippen molar-refractivity contribution in [2.45, 2.75) is 0 Å². The molecule has 0 saturated heterocycles. The van der Waals surface area contributed by atoms with Crippen molar-refractivity contribution in [3.8, 4) is 5.75 Å². The van der Waals surface area contributed by atoms with E-state index in [9.17, 15) is 9.59 Å². The predicted octanol–water partition coefficient (Wildman–Crippen LogP) is 3.85. The molecule has 0 heterocycles. The first kappa shape index (κ1) is 14.8. The van der Waals surface area contributed by atoms with Crippen LogP contribution in [0.1, 0.15) is 20.7 Å². The summed E-state index contributed by atoms with van der Waals surface area (Å²) in [6.45, 7) is 0. The van der Waals surface area contributed by atoms with E-state index in [1.165, 1.54) is 31.4 Å². The third-order valence-electron chi connectivity index (χ3n) is 3.47. The van der Waals surface area contributed by atoms with Gasteiger partial charge in [-0.15, -0.1) is 0 Å². The lowest BCUT2D eigenvalue weighted by atomic mass is 10.1. The lowest BCUT2D eigenvalue weighted by molar-refractivity contribution is 0.0599. The Morgan fingerprint density at radius 1 is 0.739 bits per heavy atom. The lowest BCUT2D eigenvalue weighted by Crippen LogP contribution is -2.09. The number of esters is 2. The van der Waals surface area contributed by atoms with E-state index in [0.29, 0.717) is 16.9 Å². The van der Waals surface area contributed by atoms with E-state index in [1.54, 1.807) is 6.07 Å². The molecule has 4 nitrogen and oxygen atoms in total. The molecule has 0 radical (unpaired) electrons. The van der Waals surface area contributed by atoms with Crippen molar-refractivity contribution in [2.24, 2.45) is 0 Å². The fraction of sp³-hybridized carbons (Fsp3) is 0.0526. The predicted molar refractivity (Wildman–Crippen MR) is 86.7 cm³/mol. The molecule has 0 atom stereocenters. The van der Waals surface area contributed by atoms with Crippen LogP contribution in [-0.4, -0.2) is 19.0 Å². The molecule has 0 aromatic heterocycles. The Bertz CT molecular complexity index is 866. The molecule has 114 valence electrons. The molecule has 0 aliphatic carbocycles. The van der Waals surface area contributed by atoms with E-state index in [-0.39, 0.29) is 0 Å². The maximum atomic E-state index is 12.2. The van der Waals surface area contributed by atoms with E-state index in [2.05, 4.69) is 4.74 Å². The second-order valence-corrected chi connectivity index (χ2v) is 4.97. The van der Waals surface area contributed by atoms with Gasteiger partial charge in [0.2, 0.25) is 0 Å². The number of carbonyl (C=O) groups is 2. The molecule has 0 aliphatic rings. The molecule has 4 heteroatoms. The Balaban J connectivity index is 1.78. The van der Waals surface area contributed by atoms with E-state index in [1.807, 2.05) is 36.4 Å². The summed E-state index contributed by atoms with van der Waals surface area (Å²) in [5.41, 5.74) is 0.751. The van der Waals surface area contributed by atoms with E-state index in [0.717, 1.165) is 10.8 Å². The van der Waals surface area contributed by atoms with Crippen molar-refractivity contribution < 1.29 is 19.1 Å². The number of rotatable bonds is 3. The van der Waals surface area contributed by atoms with Gasteiger partial charge in [0.15, 0.2) is 0 Å². The Kier molecular flexibility index (Phi) is 4.06. The number of hydrogen-bond acceptors (Lipinski definition) is 4. The molecule has 0 spiro atoms. The maximum absolute atomic E-state index is 12.2. The first-order chi connectivity index (χ1) is 11.2. The van der Waals surface area contributed by atoms with Gasteiger partial charge in [-0.25, -0.2) is 9.59 Å². The highest BCUT2D eigenvalue weighted by Crippen LogP contribution is 2.21. The third kappa shape index (κ3) is 3.21. The summed E-state index contributed by atoms with van der Waals surface area (Å²) >= 11 is 0. The summed E-state index contributed by atoms with van der Waals surface area (Å²) < 4.78 is 10.00. The highest BCUT2D eigenvalue weighted by Gasteiger charge is 2.11. The molecular formula is C19H14O4. The van der Waals surface area contributed by atoms with Gasteiger partial charge < -0.3 is 9.47 Å². The zero-order chi connectivity index (χ0) is 16.2. The van der Waals surface area contributed by atoms with Crippen LogP contribution in [0.4, 0.5) is 0 Å². The number of benzene rings is 3. The Hall–Kier alpha value is -3.14. The van der Waals surface area contributed by atoms with Crippen molar-refractivity contribution in [3.05, 3.63) is 77.9 Å². The maximum Gasteiger partial charge on any atom is 0.343 e. The topological polar surface area (TPSA) is 52.6 Å². The minimum atomic E-state index is -0.475. The van der Waals surface area contributed by atoms with Crippen LogP contribution in [0.2, 0.25) is 0 Å². The van der Waals surface area contributed by atoms with Gasteiger partial charge in [-0.3, -0.25) is 0 Å². The number of methoxy groups -OCH3 is 1. The average molecular weight is 306 g/mol. The van der Waals surface area contributed by atoms with Crippen LogP contribution in [0.5, 0.6) is 5.75 Å². The molecule has 3 aromatic carbocycles. The minimum Gasteiger partial charge on any atom is -0.465 e. The molecule has 0 unspecified atom stereocenters. The second kappa shape index (κ2) is 6.32. The van der Waals surface area contributed by atoms with Crippen LogP contribution in [0.3, 0.4) is 0 Å². The van der Waals surface area contributed by atoms with Gasteiger partial charge >= 0.3 is 11.9 Å². The van der Waals surface area contributed by atoms with Crippen LogP contribution in [-0.2, 0) is 4.74 Å². The van der Waals surface area contributed by atoms with Gasteiger partial charge in [0, 0.05) is 0 Å². The lowest BCUT2D eigenvalue weighted by Gasteiger charge is -2.06. The number of fused-ring (bicyclic) bond motifs is 1. The molecule has 3 rings (SSSR count). The minimum absolute atomic E-state index is 0.366. The average Bonchev–Trinajstić information content (AvgIpc) is 2.61. The van der Waals surface area contributed by atoms with Crippen molar-refractivity contribution >= 4 is 22.7 Å². The smallest absolute Gasteiger partial charge is 0.343 e. The van der Waals surface area contributed by atoms with Gasteiger partial charge in [0.25, 0.3) is 0 Å². The van der Waals surface area contributed by atoms with Crippen molar-refractivity contribution in [1.82, 2.24) is 0 Å². The van der Waals surface area contributed by atoms with Crippen molar-refractivity contribution in [2.75, 3.05) is 7.11 Å². The quantitative estimate of drug-likeness (QED) is 0.545. The first-order valence-corrected chi connectivity index (χ1v) is 7.07. The van der Waals surface area contributed by atoms with Crippen LogP contribution in [0.15, 0.2) is 66.7 Å². The Morgan fingerprint density at radius 3 is 2.00 bits per heavy atom. The molecule has 0 aliphatic heterocycles. The van der Waals surface area contributed by atoms with Crippen molar-refractivity contribution in [1.29, 1.82) is 0 Å². The highest BCUT2D eigenvalue weighted by molar-refractivity contribution is 5.94. The number of hydrogen-bond donors (Lipinski definition) is 0. The summed E-state index contributed by atoms with van der Waals surface area (Å²) in [6.07, 6.45) is 0. The Labute approximate surface area is 133 Å². The molecule has 0 saturated carbocycles. The molecule has 0 bridgehead atoms. The van der Waals surface area contributed by atoms with Gasteiger partial charge in [0.1, 0.15) is 5.75 Å². The molecule has 0 fully saturated rings. The van der Waals surface area contributed by atoms with Crippen LogP contribution in [0, 0.1) is 0 Å². The van der Waals surface area contributed by atoms with Gasteiger partial charge in [-0.2, -0.15) is 0 Å². The highest BCUT2D eigenvalue weighted by atomic mass is 16.5. The zero-order valence-electron chi connectivity index (χ0n) is 12.5. The molecular weight excluding hydrogens is 292 g/mol. The number of carbonyl (C=O) groups excluding carboxylic acids is 2. The van der Waals surface area contributed by atoms with Crippen LogP contribution < -0.4 is 4.74 Å². The summed E-state index contributed by atoms with van der Waals surface area (Å²) in [5.74, 6) is -0.443. The van der Waals surface area contributed by atoms with E-state index < -0.39 is 11.9 Å². The number of ether oxygens (including phenoxy) is 2. The summed E-state index contributed by atoms with van der Waals surface area (Å²) in [6, 6.07) is 19.4. The molecule has 0 amide bonds. The fourth-order valence-corrected chi connectivity index (χ4v) is 2.26. The van der Waals surface area contributed by atoms with E-state index in [4.69, 9.17) is 4.74 Å². The van der Waals surface area contributed by atoms with E-state index >= 15 is 0 Å². The van der Waals surface area contributed by atoms with Crippen LogP contribution in [0.25, 0.3) is 10.8 Å². The molecule has 23 heavy (non-hydrogen) atoms. The monoisotopic (exact) mass is 306 g/mol. The zero-order valence-corrected chi connectivity index (χ0v) is 12.5. The normalized spacial score (nSPS) is 10.3.